The number of rotatable bonds is 5. The number of allylic oxidation sites excluding steroid dienone is 6. The number of carbonyl (C=O) groups excluding carboxylic acids is 1. The maximum atomic E-state index is 12.2. The van der Waals surface area contributed by atoms with Gasteiger partial charge < -0.3 is 10.1 Å². The Morgan fingerprint density at radius 3 is 3.05 bits per heavy atom. The van der Waals surface area contributed by atoms with Crippen molar-refractivity contribution in [3.8, 4) is 0 Å². The number of methoxy groups -OCH3 is 1. The zero-order valence-corrected chi connectivity index (χ0v) is 11.1. The van der Waals surface area contributed by atoms with Crippen molar-refractivity contribution in [3.05, 3.63) is 47.1 Å². The van der Waals surface area contributed by atoms with Crippen LogP contribution in [0.5, 0.6) is 0 Å². The van der Waals surface area contributed by atoms with E-state index in [-0.39, 0.29) is 11.9 Å². The minimum Gasteiger partial charge on any atom is -0.383 e. The number of hydrogen-bond acceptors (Lipinski definition) is 3. The third-order valence-electron chi connectivity index (χ3n) is 3.72. The second-order valence-electron chi connectivity index (χ2n) is 5.06. The average Bonchev–Trinajstić information content (AvgIpc) is 2.93. The highest BCUT2D eigenvalue weighted by molar-refractivity contribution is 6.00. The average molecular weight is 258 g/mol. The number of amides is 1. The Balaban J connectivity index is 1.51. The third-order valence-corrected chi connectivity index (χ3v) is 3.72. The molecule has 2 aliphatic carbocycles. The van der Waals surface area contributed by atoms with Crippen molar-refractivity contribution >= 4 is 5.91 Å². The number of nitrogens with zero attached hydrogens (tertiary/aromatic N) is 1. The van der Waals surface area contributed by atoms with Crippen LogP contribution in [0.2, 0.25) is 0 Å². The van der Waals surface area contributed by atoms with E-state index in [0.29, 0.717) is 0 Å². The van der Waals surface area contributed by atoms with Gasteiger partial charge in [-0.25, -0.2) is 0 Å². The summed E-state index contributed by atoms with van der Waals surface area (Å²) in [6.07, 6.45) is 9.91. The van der Waals surface area contributed by atoms with Crippen LogP contribution in [0.15, 0.2) is 47.1 Å². The predicted octanol–water partition coefficient (Wildman–Crippen LogP) is 0.796. The van der Waals surface area contributed by atoms with Gasteiger partial charge in [-0.3, -0.25) is 9.69 Å². The van der Waals surface area contributed by atoms with Crippen molar-refractivity contribution in [2.24, 2.45) is 0 Å². The first-order chi connectivity index (χ1) is 9.28. The molecule has 19 heavy (non-hydrogen) atoms. The highest BCUT2D eigenvalue weighted by atomic mass is 16.5. The largest absolute Gasteiger partial charge is 0.383 e. The van der Waals surface area contributed by atoms with E-state index in [9.17, 15) is 4.79 Å². The van der Waals surface area contributed by atoms with Crippen LogP contribution in [0.3, 0.4) is 0 Å². The zero-order chi connectivity index (χ0) is 13.2. The van der Waals surface area contributed by atoms with Crippen molar-refractivity contribution in [2.75, 3.05) is 33.4 Å². The Morgan fingerprint density at radius 1 is 1.42 bits per heavy atom. The molecule has 3 aliphatic rings. The topological polar surface area (TPSA) is 41.6 Å². The summed E-state index contributed by atoms with van der Waals surface area (Å²) in [6.45, 7) is 3.52. The molecular weight excluding hydrogens is 240 g/mol. The minimum absolute atomic E-state index is 0.0394. The Kier molecular flexibility index (Phi) is 3.36. The summed E-state index contributed by atoms with van der Waals surface area (Å²) in [4.78, 5) is 14.5. The Bertz CT molecular complexity index is 508. The maximum absolute atomic E-state index is 12.2. The van der Waals surface area contributed by atoms with E-state index >= 15 is 0 Å². The number of likely N-dealkylation sites (tertiary alicyclic amines) is 1. The number of carbonyl (C=O) groups is 1. The summed E-state index contributed by atoms with van der Waals surface area (Å²) in [6, 6.07) is 0.268. The van der Waals surface area contributed by atoms with E-state index in [1.807, 2.05) is 30.4 Å². The fraction of sp³-hybridized carbons (Fsp3) is 0.400. The molecule has 0 atom stereocenters. The third kappa shape index (κ3) is 2.41. The molecule has 1 saturated heterocycles. The second-order valence-corrected chi connectivity index (χ2v) is 5.06. The summed E-state index contributed by atoms with van der Waals surface area (Å²) in [5.41, 5.74) is 2.98. The SMILES string of the molecule is COCCN1CC(NC(=O)C2=C3C=CC=C3C=C2)C1. The van der Waals surface area contributed by atoms with Crippen LogP contribution in [0.4, 0.5) is 0 Å². The van der Waals surface area contributed by atoms with Crippen LogP contribution in [0.1, 0.15) is 0 Å². The molecule has 0 unspecified atom stereocenters. The van der Waals surface area contributed by atoms with E-state index < -0.39 is 0 Å². The summed E-state index contributed by atoms with van der Waals surface area (Å²) in [5, 5.41) is 3.09. The van der Waals surface area contributed by atoms with Crippen molar-refractivity contribution in [1.29, 1.82) is 0 Å². The van der Waals surface area contributed by atoms with Gasteiger partial charge in [0.2, 0.25) is 0 Å². The predicted molar refractivity (Wildman–Crippen MR) is 73.6 cm³/mol. The van der Waals surface area contributed by atoms with Crippen LogP contribution in [-0.2, 0) is 9.53 Å². The Hall–Kier alpha value is -1.65. The number of nitrogens with one attached hydrogen (secondary N) is 1. The smallest absolute Gasteiger partial charge is 0.252 e. The lowest BCUT2D eigenvalue weighted by molar-refractivity contribution is -0.119. The molecule has 0 aromatic heterocycles. The maximum Gasteiger partial charge on any atom is 0.252 e. The molecule has 1 fully saturated rings. The lowest BCUT2D eigenvalue weighted by Gasteiger charge is -2.39. The van der Waals surface area contributed by atoms with Gasteiger partial charge in [0, 0.05) is 32.3 Å². The first-order valence-electron chi connectivity index (χ1n) is 6.61. The van der Waals surface area contributed by atoms with Gasteiger partial charge in [0.1, 0.15) is 0 Å². The molecule has 4 nitrogen and oxygen atoms in total. The van der Waals surface area contributed by atoms with Crippen molar-refractivity contribution in [1.82, 2.24) is 10.2 Å². The molecule has 4 heteroatoms. The van der Waals surface area contributed by atoms with Crippen LogP contribution >= 0.6 is 0 Å². The van der Waals surface area contributed by atoms with E-state index in [2.05, 4.69) is 10.2 Å². The fourth-order valence-electron chi connectivity index (χ4n) is 2.61. The number of hydrogen-bond donors (Lipinski definition) is 1. The standard InChI is InChI=1S/C15H18N2O2/c1-19-8-7-17-9-12(10-17)16-15(18)14-6-5-11-3-2-4-13(11)14/h2-6,12H,7-10H2,1H3,(H,16,18). The van der Waals surface area contributed by atoms with E-state index in [0.717, 1.165) is 43.0 Å². The highest BCUT2D eigenvalue weighted by Gasteiger charge is 2.29. The van der Waals surface area contributed by atoms with E-state index in [1.54, 1.807) is 7.11 Å². The molecule has 0 aromatic rings. The molecule has 0 spiro atoms. The monoisotopic (exact) mass is 258 g/mol. The van der Waals surface area contributed by atoms with Crippen LogP contribution in [-0.4, -0.2) is 50.2 Å². The fourth-order valence-corrected chi connectivity index (χ4v) is 2.61. The molecule has 1 heterocycles. The second kappa shape index (κ2) is 5.15. The first kappa shape index (κ1) is 12.4. The summed E-state index contributed by atoms with van der Waals surface area (Å²) < 4.78 is 5.03. The summed E-state index contributed by atoms with van der Waals surface area (Å²) >= 11 is 0. The molecule has 0 bridgehead atoms. The van der Waals surface area contributed by atoms with Crippen molar-refractivity contribution in [2.45, 2.75) is 6.04 Å². The molecule has 0 saturated carbocycles. The molecule has 0 aromatic carbocycles. The van der Waals surface area contributed by atoms with Gasteiger partial charge in [0.05, 0.1) is 12.6 Å². The summed E-state index contributed by atoms with van der Waals surface area (Å²) in [7, 11) is 1.71. The first-order valence-corrected chi connectivity index (χ1v) is 6.61. The van der Waals surface area contributed by atoms with Crippen LogP contribution < -0.4 is 5.32 Å². The van der Waals surface area contributed by atoms with Crippen molar-refractivity contribution in [3.63, 3.8) is 0 Å². The zero-order valence-electron chi connectivity index (χ0n) is 11.1. The van der Waals surface area contributed by atoms with Gasteiger partial charge in [-0.15, -0.1) is 0 Å². The quantitative estimate of drug-likeness (QED) is 0.793. The molecule has 1 aliphatic heterocycles. The molecule has 1 N–H and O–H groups in total. The van der Waals surface area contributed by atoms with Crippen molar-refractivity contribution < 1.29 is 9.53 Å². The molecule has 100 valence electrons. The Morgan fingerprint density at radius 2 is 2.26 bits per heavy atom. The van der Waals surface area contributed by atoms with E-state index in [4.69, 9.17) is 4.74 Å². The molecular formula is C15H18N2O2. The minimum atomic E-state index is 0.0394. The van der Waals surface area contributed by atoms with Gasteiger partial charge in [0.15, 0.2) is 0 Å². The van der Waals surface area contributed by atoms with Gasteiger partial charge in [-0.1, -0.05) is 24.3 Å². The number of ether oxygens (including phenoxy) is 1. The van der Waals surface area contributed by atoms with Gasteiger partial charge in [-0.2, -0.15) is 0 Å². The Labute approximate surface area is 113 Å². The van der Waals surface area contributed by atoms with Gasteiger partial charge in [-0.05, 0) is 17.2 Å². The van der Waals surface area contributed by atoms with E-state index in [1.165, 1.54) is 0 Å². The normalized spacial score (nSPS) is 21.6. The number of fused-ring (bicyclic) bond motifs is 1. The lowest BCUT2D eigenvalue weighted by Crippen LogP contribution is -2.59. The molecule has 0 radical (unpaired) electrons. The van der Waals surface area contributed by atoms with Crippen LogP contribution in [0.25, 0.3) is 0 Å². The molecule has 1 amide bonds. The molecule has 3 rings (SSSR count). The van der Waals surface area contributed by atoms with Crippen LogP contribution in [0, 0.1) is 0 Å². The highest BCUT2D eigenvalue weighted by Crippen LogP contribution is 2.29. The van der Waals surface area contributed by atoms with Gasteiger partial charge in [0.25, 0.3) is 5.91 Å². The van der Waals surface area contributed by atoms with Gasteiger partial charge >= 0.3 is 0 Å². The summed E-state index contributed by atoms with van der Waals surface area (Å²) in [5.74, 6) is 0.0394. The lowest BCUT2D eigenvalue weighted by atomic mass is 10.1.